The van der Waals surface area contributed by atoms with Crippen LogP contribution in [0.1, 0.15) is 39.9 Å². The van der Waals surface area contributed by atoms with E-state index < -0.39 is 6.04 Å². The fraction of sp³-hybridized carbons (Fsp3) is 0.438. The number of carbonyl (C=O) groups excluding carboxylic acids is 2. The van der Waals surface area contributed by atoms with E-state index in [1.807, 2.05) is 18.4 Å². The maximum atomic E-state index is 12.8. The van der Waals surface area contributed by atoms with Crippen molar-refractivity contribution in [1.82, 2.24) is 9.88 Å². The summed E-state index contributed by atoms with van der Waals surface area (Å²) < 4.78 is 0. The monoisotopic (exact) mass is 349 g/mol. The van der Waals surface area contributed by atoms with Crippen molar-refractivity contribution in [3.8, 4) is 0 Å². The molecule has 3 heterocycles. The number of hydrogen-bond acceptors (Lipinski definition) is 5. The number of nitrogens with zero attached hydrogens (tertiary/aromatic N) is 2. The van der Waals surface area contributed by atoms with Crippen molar-refractivity contribution < 1.29 is 9.59 Å². The molecule has 23 heavy (non-hydrogen) atoms. The van der Waals surface area contributed by atoms with Gasteiger partial charge in [-0.05, 0) is 37.8 Å². The number of aryl methyl sites for hydroxylation is 2. The topological polar surface area (TPSA) is 62.3 Å². The minimum absolute atomic E-state index is 0.0328. The normalized spacial score (nSPS) is 17.5. The molecule has 0 bridgehead atoms. The van der Waals surface area contributed by atoms with E-state index >= 15 is 0 Å². The van der Waals surface area contributed by atoms with Gasteiger partial charge in [-0.25, -0.2) is 4.98 Å². The minimum Gasteiger partial charge on any atom is -0.326 e. The van der Waals surface area contributed by atoms with E-state index in [1.165, 1.54) is 16.2 Å². The number of thiophene rings is 1. The molecule has 0 aromatic carbocycles. The highest BCUT2D eigenvalue weighted by atomic mass is 32.1. The molecule has 0 unspecified atom stereocenters. The van der Waals surface area contributed by atoms with Gasteiger partial charge < -0.3 is 10.2 Å². The molecule has 7 heteroatoms. The number of carbonyl (C=O) groups is 2. The van der Waals surface area contributed by atoms with E-state index in [1.54, 1.807) is 22.4 Å². The van der Waals surface area contributed by atoms with Crippen LogP contribution in [-0.4, -0.2) is 34.3 Å². The summed E-state index contributed by atoms with van der Waals surface area (Å²) in [4.78, 5) is 33.0. The zero-order valence-electron chi connectivity index (χ0n) is 13.2. The van der Waals surface area contributed by atoms with Gasteiger partial charge in [-0.2, -0.15) is 0 Å². The number of likely N-dealkylation sites (tertiary alicyclic amines) is 1. The minimum atomic E-state index is -0.404. The Bertz CT molecular complexity index is 709. The Hall–Kier alpha value is -1.73. The number of thiazole rings is 1. The van der Waals surface area contributed by atoms with E-state index in [9.17, 15) is 9.59 Å². The van der Waals surface area contributed by atoms with Crippen molar-refractivity contribution in [2.45, 2.75) is 39.2 Å². The number of hydrogen-bond donors (Lipinski definition) is 1. The van der Waals surface area contributed by atoms with Gasteiger partial charge in [0.15, 0.2) is 5.13 Å². The molecule has 0 aliphatic carbocycles. The Labute approximate surface area is 143 Å². The van der Waals surface area contributed by atoms with Gasteiger partial charge >= 0.3 is 0 Å². The standard InChI is InChI=1S/C16H19N3O2S2/c1-3-12-10(2)9-13(23-12)15(21)19-7-4-5-11(19)14(20)18-16-17-6-8-22-16/h6,8-9,11H,3-5,7H2,1-2H3,(H,17,18,20)/t11-/m1/s1. The number of anilines is 1. The molecule has 1 atom stereocenters. The van der Waals surface area contributed by atoms with Crippen molar-refractivity contribution >= 4 is 39.6 Å². The van der Waals surface area contributed by atoms with E-state index in [2.05, 4.69) is 17.2 Å². The quantitative estimate of drug-likeness (QED) is 0.921. The molecule has 0 radical (unpaired) electrons. The van der Waals surface area contributed by atoms with E-state index in [4.69, 9.17) is 0 Å². The Kier molecular flexibility index (Phi) is 4.77. The lowest BCUT2D eigenvalue weighted by atomic mass is 10.2. The Morgan fingerprint density at radius 2 is 2.30 bits per heavy atom. The van der Waals surface area contributed by atoms with Gasteiger partial charge in [0.2, 0.25) is 5.91 Å². The smallest absolute Gasteiger partial charge is 0.264 e. The van der Waals surface area contributed by atoms with Gasteiger partial charge in [0.1, 0.15) is 6.04 Å². The van der Waals surface area contributed by atoms with E-state index in [-0.39, 0.29) is 11.8 Å². The first-order chi connectivity index (χ1) is 11.1. The van der Waals surface area contributed by atoms with Gasteiger partial charge in [-0.1, -0.05) is 6.92 Å². The van der Waals surface area contributed by atoms with Crippen LogP contribution in [-0.2, 0) is 11.2 Å². The summed E-state index contributed by atoms with van der Waals surface area (Å²) in [6.45, 7) is 4.75. The lowest BCUT2D eigenvalue weighted by Gasteiger charge is -2.22. The van der Waals surface area contributed by atoms with Gasteiger partial charge in [-0.3, -0.25) is 9.59 Å². The zero-order chi connectivity index (χ0) is 16.4. The van der Waals surface area contributed by atoms with Gasteiger partial charge in [0.25, 0.3) is 5.91 Å². The van der Waals surface area contributed by atoms with Gasteiger partial charge in [0.05, 0.1) is 4.88 Å². The summed E-state index contributed by atoms with van der Waals surface area (Å²) in [5.74, 6) is -0.176. The summed E-state index contributed by atoms with van der Waals surface area (Å²) in [5, 5.41) is 5.20. The first-order valence-electron chi connectivity index (χ1n) is 7.70. The molecule has 1 aliphatic rings. The molecule has 0 spiro atoms. The lowest BCUT2D eigenvalue weighted by Crippen LogP contribution is -2.42. The summed E-state index contributed by atoms with van der Waals surface area (Å²) >= 11 is 2.92. The van der Waals surface area contributed by atoms with E-state index in [0.29, 0.717) is 18.1 Å². The largest absolute Gasteiger partial charge is 0.326 e. The van der Waals surface area contributed by atoms with Crippen molar-refractivity contribution in [2.75, 3.05) is 11.9 Å². The average Bonchev–Trinajstić information content (AvgIpc) is 3.26. The number of rotatable bonds is 4. The zero-order valence-corrected chi connectivity index (χ0v) is 14.8. The van der Waals surface area contributed by atoms with Gasteiger partial charge in [0, 0.05) is 23.0 Å². The van der Waals surface area contributed by atoms with Crippen LogP contribution in [0.3, 0.4) is 0 Å². The van der Waals surface area contributed by atoms with Crippen LogP contribution in [0.5, 0.6) is 0 Å². The summed E-state index contributed by atoms with van der Waals surface area (Å²) in [7, 11) is 0. The third-order valence-electron chi connectivity index (χ3n) is 4.03. The molecule has 1 fully saturated rings. The molecule has 1 aliphatic heterocycles. The molecular weight excluding hydrogens is 330 g/mol. The van der Waals surface area contributed by atoms with Gasteiger partial charge in [-0.15, -0.1) is 22.7 Å². The second-order valence-corrected chi connectivity index (χ2v) is 7.58. The lowest BCUT2D eigenvalue weighted by molar-refractivity contribution is -0.119. The molecule has 3 rings (SSSR count). The molecule has 5 nitrogen and oxygen atoms in total. The van der Waals surface area contributed by atoms with Crippen molar-refractivity contribution in [3.05, 3.63) is 33.0 Å². The Morgan fingerprint density at radius 3 is 2.96 bits per heavy atom. The molecule has 122 valence electrons. The molecule has 2 aromatic heterocycles. The average molecular weight is 349 g/mol. The molecule has 0 saturated carbocycles. The number of aromatic nitrogens is 1. The van der Waals surface area contributed by atoms with Crippen LogP contribution in [0, 0.1) is 6.92 Å². The second kappa shape index (κ2) is 6.80. The summed E-state index contributed by atoms with van der Waals surface area (Å²) in [5.41, 5.74) is 1.16. The highest BCUT2D eigenvalue weighted by molar-refractivity contribution is 7.14. The molecule has 1 N–H and O–H groups in total. The third-order valence-corrected chi connectivity index (χ3v) is 6.09. The fourth-order valence-corrected chi connectivity index (χ4v) is 4.48. The highest BCUT2D eigenvalue weighted by Crippen LogP contribution is 2.27. The Balaban J connectivity index is 1.75. The SMILES string of the molecule is CCc1sc(C(=O)N2CCC[C@@H]2C(=O)Nc2nccs2)cc1C. The summed E-state index contributed by atoms with van der Waals surface area (Å²) in [6.07, 6.45) is 4.14. The Morgan fingerprint density at radius 1 is 1.48 bits per heavy atom. The summed E-state index contributed by atoms with van der Waals surface area (Å²) in [6, 6.07) is 1.54. The maximum absolute atomic E-state index is 12.8. The molecule has 2 aromatic rings. The molecule has 2 amide bonds. The first-order valence-corrected chi connectivity index (χ1v) is 9.40. The van der Waals surface area contributed by atoms with Crippen LogP contribution in [0.15, 0.2) is 17.6 Å². The maximum Gasteiger partial charge on any atom is 0.264 e. The van der Waals surface area contributed by atoms with Crippen molar-refractivity contribution in [2.24, 2.45) is 0 Å². The number of amides is 2. The molecular formula is C16H19N3O2S2. The highest BCUT2D eigenvalue weighted by Gasteiger charge is 2.35. The third kappa shape index (κ3) is 3.30. The van der Waals surface area contributed by atoms with Crippen LogP contribution < -0.4 is 5.32 Å². The number of nitrogens with one attached hydrogen (secondary N) is 1. The van der Waals surface area contributed by atoms with Crippen LogP contribution in [0.2, 0.25) is 0 Å². The predicted molar refractivity (Wildman–Crippen MR) is 93.2 cm³/mol. The predicted octanol–water partition coefficient (Wildman–Crippen LogP) is 3.32. The second-order valence-electron chi connectivity index (χ2n) is 5.55. The first kappa shape index (κ1) is 16.1. The van der Waals surface area contributed by atoms with Crippen LogP contribution >= 0.6 is 22.7 Å². The fourth-order valence-electron chi connectivity index (χ4n) is 2.87. The van der Waals surface area contributed by atoms with Crippen LogP contribution in [0.25, 0.3) is 0 Å². The van der Waals surface area contributed by atoms with E-state index in [0.717, 1.165) is 23.3 Å². The molecule has 1 saturated heterocycles. The van der Waals surface area contributed by atoms with Crippen molar-refractivity contribution in [1.29, 1.82) is 0 Å². The van der Waals surface area contributed by atoms with Crippen molar-refractivity contribution in [3.63, 3.8) is 0 Å². The van der Waals surface area contributed by atoms with Crippen LogP contribution in [0.4, 0.5) is 5.13 Å².